The molecule has 0 aliphatic heterocycles. The van der Waals surface area contributed by atoms with Crippen molar-refractivity contribution in [2.24, 2.45) is 0 Å². The Morgan fingerprint density at radius 3 is 2.94 bits per heavy atom. The van der Waals surface area contributed by atoms with Crippen LogP contribution in [0.1, 0.15) is 19.0 Å². The average Bonchev–Trinajstić information content (AvgIpc) is 2.81. The monoisotopic (exact) mass is 268 g/mol. The fourth-order valence-electron chi connectivity index (χ4n) is 1.57. The third-order valence-corrected chi connectivity index (χ3v) is 3.37. The van der Waals surface area contributed by atoms with Crippen molar-refractivity contribution in [3.63, 3.8) is 0 Å². The van der Waals surface area contributed by atoms with Crippen LogP contribution in [0.25, 0.3) is 10.6 Å². The highest BCUT2D eigenvalue weighted by Gasteiger charge is 2.10. The van der Waals surface area contributed by atoms with Gasteiger partial charge >= 0.3 is 0 Å². The summed E-state index contributed by atoms with van der Waals surface area (Å²) in [6.07, 6.45) is 1.05. The van der Waals surface area contributed by atoms with Crippen molar-refractivity contribution in [3.8, 4) is 10.6 Å². The van der Waals surface area contributed by atoms with Crippen molar-refractivity contribution in [3.05, 3.63) is 40.9 Å². The van der Waals surface area contributed by atoms with Crippen molar-refractivity contribution in [2.45, 2.75) is 19.9 Å². The van der Waals surface area contributed by atoms with Gasteiger partial charge in [0.2, 0.25) is 0 Å². The van der Waals surface area contributed by atoms with E-state index >= 15 is 0 Å². The van der Waals surface area contributed by atoms with Crippen molar-refractivity contribution >= 4 is 11.3 Å². The fourth-order valence-corrected chi connectivity index (χ4v) is 2.40. The topological polar surface area (TPSA) is 24.9 Å². The second kappa shape index (κ2) is 6.02. The third kappa shape index (κ3) is 3.11. The Bertz CT molecular complexity index is 525. The van der Waals surface area contributed by atoms with Crippen molar-refractivity contribution in [1.29, 1.82) is 0 Å². The third-order valence-electron chi connectivity index (χ3n) is 2.44. The fraction of sp³-hybridized carbons (Fsp3) is 0.308. The van der Waals surface area contributed by atoms with Gasteiger partial charge in [0.15, 0.2) is 0 Å². The van der Waals surface area contributed by atoms with E-state index in [9.17, 15) is 8.78 Å². The molecule has 0 fully saturated rings. The highest BCUT2D eigenvalue weighted by molar-refractivity contribution is 7.13. The molecular weight excluding hydrogens is 254 g/mol. The molecule has 1 heterocycles. The largest absolute Gasteiger partial charge is 0.311 e. The molecule has 2 nitrogen and oxygen atoms in total. The summed E-state index contributed by atoms with van der Waals surface area (Å²) < 4.78 is 26.6. The molecule has 18 heavy (non-hydrogen) atoms. The number of hydrogen-bond donors (Lipinski definition) is 1. The Morgan fingerprint density at radius 1 is 1.33 bits per heavy atom. The Morgan fingerprint density at radius 2 is 2.17 bits per heavy atom. The van der Waals surface area contributed by atoms with Crippen LogP contribution in [0.2, 0.25) is 0 Å². The molecule has 0 unspecified atom stereocenters. The van der Waals surface area contributed by atoms with Gasteiger partial charge in [0, 0.05) is 17.5 Å². The molecule has 0 saturated carbocycles. The minimum absolute atomic E-state index is 0.224. The summed E-state index contributed by atoms with van der Waals surface area (Å²) in [6, 6.07) is 3.41. The molecular formula is C13H14F2N2S. The first-order valence-electron chi connectivity index (χ1n) is 5.81. The lowest BCUT2D eigenvalue weighted by molar-refractivity contribution is 0.603. The second-order valence-corrected chi connectivity index (χ2v) is 4.80. The van der Waals surface area contributed by atoms with Crippen LogP contribution < -0.4 is 5.32 Å². The molecule has 0 aliphatic rings. The zero-order valence-electron chi connectivity index (χ0n) is 10.0. The van der Waals surface area contributed by atoms with E-state index in [-0.39, 0.29) is 5.56 Å². The van der Waals surface area contributed by atoms with Gasteiger partial charge in [-0.05, 0) is 31.2 Å². The van der Waals surface area contributed by atoms with E-state index in [2.05, 4.69) is 17.2 Å². The molecule has 0 amide bonds. The molecule has 0 atom stereocenters. The first kappa shape index (κ1) is 13.1. The van der Waals surface area contributed by atoms with E-state index in [0.29, 0.717) is 11.6 Å². The molecule has 5 heteroatoms. The summed E-state index contributed by atoms with van der Waals surface area (Å²) in [4.78, 5) is 4.30. The van der Waals surface area contributed by atoms with Crippen LogP contribution in [0.5, 0.6) is 0 Å². The molecule has 1 N–H and O–H groups in total. The Kier molecular flexibility index (Phi) is 4.38. The minimum atomic E-state index is -0.452. The molecule has 0 aliphatic carbocycles. The lowest BCUT2D eigenvalue weighted by atomic mass is 10.2. The zero-order valence-corrected chi connectivity index (χ0v) is 10.9. The summed E-state index contributed by atoms with van der Waals surface area (Å²) >= 11 is 1.33. The van der Waals surface area contributed by atoms with E-state index in [1.807, 2.05) is 5.38 Å². The van der Waals surface area contributed by atoms with Gasteiger partial charge in [-0.15, -0.1) is 11.3 Å². The van der Waals surface area contributed by atoms with Crippen LogP contribution in [0.3, 0.4) is 0 Å². The highest BCUT2D eigenvalue weighted by Crippen LogP contribution is 2.26. The summed E-state index contributed by atoms with van der Waals surface area (Å²) in [6.45, 7) is 3.66. The predicted octanol–water partition coefficient (Wildman–Crippen LogP) is 3.59. The Hall–Kier alpha value is -1.33. The standard InChI is InChI=1S/C13H14F2N2S/c1-2-5-16-7-10-8-18-13(17-10)11-6-9(14)3-4-12(11)15/h3-4,6,8,16H,2,5,7H2,1H3. The minimum Gasteiger partial charge on any atom is -0.311 e. The normalized spacial score (nSPS) is 10.8. The molecule has 2 rings (SSSR count). The van der Waals surface area contributed by atoms with Gasteiger partial charge in [0.05, 0.1) is 5.69 Å². The molecule has 2 aromatic rings. The quantitative estimate of drug-likeness (QED) is 0.838. The number of hydrogen-bond acceptors (Lipinski definition) is 3. The Labute approximate surface area is 109 Å². The number of halogens is 2. The van der Waals surface area contributed by atoms with Gasteiger partial charge < -0.3 is 5.32 Å². The maximum Gasteiger partial charge on any atom is 0.133 e. The van der Waals surface area contributed by atoms with Crippen molar-refractivity contribution < 1.29 is 8.78 Å². The van der Waals surface area contributed by atoms with Gasteiger partial charge in [0.25, 0.3) is 0 Å². The molecule has 0 bridgehead atoms. The Balaban J connectivity index is 2.16. The molecule has 1 aromatic heterocycles. The van der Waals surface area contributed by atoms with Crippen molar-refractivity contribution in [2.75, 3.05) is 6.54 Å². The van der Waals surface area contributed by atoms with Gasteiger partial charge in [-0.25, -0.2) is 13.8 Å². The van der Waals surface area contributed by atoms with Crippen molar-refractivity contribution in [1.82, 2.24) is 10.3 Å². The summed E-state index contributed by atoms with van der Waals surface area (Å²) in [7, 11) is 0. The summed E-state index contributed by atoms with van der Waals surface area (Å²) in [5, 5.41) is 5.60. The number of benzene rings is 1. The highest BCUT2D eigenvalue weighted by atomic mass is 32.1. The maximum absolute atomic E-state index is 13.6. The van der Waals surface area contributed by atoms with Crippen LogP contribution in [0.4, 0.5) is 8.78 Å². The number of rotatable bonds is 5. The molecule has 0 radical (unpaired) electrons. The van der Waals surface area contributed by atoms with Gasteiger partial charge in [-0.3, -0.25) is 0 Å². The van der Waals surface area contributed by atoms with E-state index in [1.165, 1.54) is 17.4 Å². The molecule has 96 valence electrons. The van der Waals surface area contributed by atoms with Gasteiger partial charge in [0.1, 0.15) is 16.6 Å². The SMILES string of the molecule is CCCNCc1csc(-c2cc(F)ccc2F)n1. The number of nitrogens with zero attached hydrogens (tertiary/aromatic N) is 1. The second-order valence-electron chi connectivity index (χ2n) is 3.94. The lowest BCUT2D eigenvalue weighted by Crippen LogP contribution is -2.13. The molecule has 0 saturated heterocycles. The number of aromatic nitrogens is 1. The van der Waals surface area contributed by atoms with Crippen LogP contribution in [0, 0.1) is 11.6 Å². The van der Waals surface area contributed by atoms with E-state index in [1.54, 1.807) is 0 Å². The molecule has 1 aromatic carbocycles. The maximum atomic E-state index is 13.6. The average molecular weight is 268 g/mol. The van der Waals surface area contributed by atoms with Gasteiger partial charge in [-0.2, -0.15) is 0 Å². The van der Waals surface area contributed by atoms with Crippen LogP contribution in [-0.4, -0.2) is 11.5 Å². The zero-order chi connectivity index (χ0) is 13.0. The van der Waals surface area contributed by atoms with Crippen LogP contribution in [0.15, 0.2) is 23.6 Å². The first-order valence-corrected chi connectivity index (χ1v) is 6.69. The number of nitrogens with one attached hydrogen (secondary N) is 1. The van der Waals surface area contributed by atoms with E-state index in [0.717, 1.165) is 30.8 Å². The van der Waals surface area contributed by atoms with E-state index < -0.39 is 11.6 Å². The van der Waals surface area contributed by atoms with Gasteiger partial charge in [-0.1, -0.05) is 6.92 Å². The van der Waals surface area contributed by atoms with Crippen LogP contribution >= 0.6 is 11.3 Å². The smallest absolute Gasteiger partial charge is 0.133 e. The van der Waals surface area contributed by atoms with E-state index in [4.69, 9.17) is 0 Å². The summed E-state index contributed by atoms with van der Waals surface area (Å²) in [5.74, 6) is -0.897. The molecule has 0 spiro atoms. The first-order chi connectivity index (χ1) is 8.70. The predicted molar refractivity (Wildman–Crippen MR) is 69.5 cm³/mol. The van der Waals surface area contributed by atoms with Crippen LogP contribution in [-0.2, 0) is 6.54 Å². The lowest BCUT2D eigenvalue weighted by Gasteiger charge is -2.00. The summed E-state index contributed by atoms with van der Waals surface area (Å²) in [5.41, 5.74) is 1.08. The number of thiazole rings is 1.